The van der Waals surface area contributed by atoms with Crippen LogP contribution in [0.15, 0.2) is 0 Å². The molecule has 1 aromatic rings. The highest BCUT2D eigenvalue weighted by Crippen LogP contribution is 2.38. The van der Waals surface area contributed by atoms with E-state index >= 15 is 0 Å². The molecule has 0 saturated heterocycles. The Balaban J connectivity index is 1.79. The van der Waals surface area contributed by atoms with E-state index in [0.717, 1.165) is 12.5 Å². The highest BCUT2D eigenvalue weighted by Gasteiger charge is 2.27. The van der Waals surface area contributed by atoms with Gasteiger partial charge < -0.3 is 5.32 Å². The summed E-state index contributed by atoms with van der Waals surface area (Å²) < 4.78 is 0. The summed E-state index contributed by atoms with van der Waals surface area (Å²) in [6, 6.07) is 0. The molecule has 0 aromatic carbocycles. The first-order chi connectivity index (χ1) is 7.86. The van der Waals surface area contributed by atoms with Crippen molar-refractivity contribution < 1.29 is 0 Å². The van der Waals surface area contributed by atoms with Gasteiger partial charge in [0, 0.05) is 23.8 Å². The van der Waals surface area contributed by atoms with Gasteiger partial charge in [-0.05, 0) is 45.1 Å². The van der Waals surface area contributed by atoms with Gasteiger partial charge in [-0.3, -0.25) is 0 Å². The number of rotatable bonds is 4. The predicted molar refractivity (Wildman–Crippen MR) is 68.1 cm³/mol. The molecular weight excluding hydrogens is 216 g/mol. The topological polar surface area (TPSA) is 24.9 Å². The van der Waals surface area contributed by atoms with E-state index in [2.05, 4.69) is 5.32 Å². The first kappa shape index (κ1) is 10.7. The average molecular weight is 236 g/mol. The molecule has 0 amide bonds. The quantitative estimate of drug-likeness (QED) is 0.869. The lowest BCUT2D eigenvalue weighted by molar-refractivity contribution is 0.521. The minimum atomic E-state index is 0.679. The average Bonchev–Trinajstić information content (AvgIpc) is 2.96. The standard InChI is InChI=1S/C13H20N2S/c1-14-8-10-3-2-4-11-13(10)15-12(16-11)7-9-5-6-9/h9-10,14H,2-8H2,1H3. The van der Waals surface area contributed by atoms with Crippen molar-refractivity contribution in [2.45, 2.75) is 44.4 Å². The number of thiazole rings is 1. The number of nitrogens with zero attached hydrogens (tertiary/aromatic N) is 1. The molecule has 1 aromatic heterocycles. The van der Waals surface area contributed by atoms with Crippen LogP contribution in [0.2, 0.25) is 0 Å². The van der Waals surface area contributed by atoms with Gasteiger partial charge in [-0.1, -0.05) is 0 Å². The molecule has 3 rings (SSSR count). The van der Waals surface area contributed by atoms with E-state index in [1.807, 2.05) is 18.4 Å². The molecule has 88 valence electrons. The number of likely N-dealkylation sites (N-methyl/N-ethyl adjacent to an activating group) is 1. The maximum Gasteiger partial charge on any atom is 0.0934 e. The smallest absolute Gasteiger partial charge is 0.0934 e. The fourth-order valence-electron chi connectivity index (χ4n) is 2.66. The first-order valence-electron chi connectivity index (χ1n) is 6.50. The molecule has 16 heavy (non-hydrogen) atoms. The van der Waals surface area contributed by atoms with Crippen molar-refractivity contribution in [3.63, 3.8) is 0 Å². The molecule has 0 radical (unpaired) electrons. The molecule has 2 aliphatic rings. The lowest BCUT2D eigenvalue weighted by Gasteiger charge is -2.20. The van der Waals surface area contributed by atoms with Crippen LogP contribution in [0.25, 0.3) is 0 Å². The minimum absolute atomic E-state index is 0.679. The van der Waals surface area contributed by atoms with E-state index in [9.17, 15) is 0 Å². The van der Waals surface area contributed by atoms with Crippen LogP contribution >= 0.6 is 11.3 Å². The molecule has 1 fully saturated rings. The summed E-state index contributed by atoms with van der Waals surface area (Å²) in [6.07, 6.45) is 8.07. The molecule has 3 heteroatoms. The Morgan fingerprint density at radius 1 is 1.38 bits per heavy atom. The molecular formula is C13H20N2S. The summed E-state index contributed by atoms with van der Waals surface area (Å²) in [5, 5.41) is 4.72. The molecule has 1 heterocycles. The lowest BCUT2D eigenvalue weighted by Crippen LogP contribution is -2.21. The zero-order valence-electron chi connectivity index (χ0n) is 9.96. The Hall–Kier alpha value is -0.410. The van der Waals surface area contributed by atoms with E-state index < -0.39 is 0 Å². The van der Waals surface area contributed by atoms with Gasteiger partial charge >= 0.3 is 0 Å². The molecule has 2 nitrogen and oxygen atoms in total. The van der Waals surface area contributed by atoms with Gasteiger partial charge in [-0.2, -0.15) is 0 Å². The number of fused-ring (bicyclic) bond motifs is 1. The fraction of sp³-hybridized carbons (Fsp3) is 0.769. The van der Waals surface area contributed by atoms with Gasteiger partial charge in [0.2, 0.25) is 0 Å². The second-order valence-corrected chi connectivity index (χ2v) is 6.38. The first-order valence-corrected chi connectivity index (χ1v) is 7.31. The van der Waals surface area contributed by atoms with Crippen LogP contribution in [0, 0.1) is 5.92 Å². The van der Waals surface area contributed by atoms with Gasteiger partial charge in [0.15, 0.2) is 0 Å². The van der Waals surface area contributed by atoms with Crippen LogP contribution in [0.4, 0.5) is 0 Å². The molecule has 1 N–H and O–H groups in total. The third-order valence-electron chi connectivity index (χ3n) is 3.73. The number of hydrogen-bond donors (Lipinski definition) is 1. The third kappa shape index (κ3) is 2.16. The number of aryl methyl sites for hydroxylation is 1. The second-order valence-electron chi connectivity index (χ2n) is 5.21. The van der Waals surface area contributed by atoms with Crippen molar-refractivity contribution in [2.24, 2.45) is 5.92 Å². The summed E-state index contributed by atoms with van der Waals surface area (Å²) in [5.74, 6) is 1.65. The highest BCUT2D eigenvalue weighted by molar-refractivity contribution is 7.11. The summed E-state index contributed by atoms with van der Waals surface area (Å²) in [6.45, 7) is 1.10. The van der Waals surface area contributed by atoms with Crippen LogP contribution in [0.5, 0.6) is 0 Å². The zero-order valence-corrected chi connectivity index (χ0v) is 10.8. The van der Waals surface area contributed by atoms with Crippen molar-refractivity contribution in [3.8, 4) is 0 Å². The fourth-order valence-corrected chi connectivity index (χ4v) is 3.97. The summed E-state index contributed by atoms with van der Waals surface area (Å²) in [4.78, 5) is 6.49. The Morgan fingerprint density at radius 2 is 2.25 bits per heavy atom. The van der Waals surface area contributed by atoms with Gasteiger partial charge in [0.25, 0.3) is 0 Å². The predicted octanol–water partition coefficient (Wildman–Crippen LogP) is 2.73. The van der Waals surface area contributed by atoms with Gasteiger partial charge in [0.1, 0.15) is 0 Å². The van der Waals surface area contributed by atoms with Crippen molar-refractivity contribution in [1.29, 1.82) is 0 Å². The molecule has 0 bridgehead atoms. The largest absolute Gasteiger partial charge is 0.319 e. The molecule has 0 aliphatic heterocycles. The van der Waals surface area contributed by atoms with Crippen molar-refractivity contribution in [3.05, 3.63) is 15.6 Å². The summed E-state index contributed by atoms with van der Waals surface area (Å²) in [5.41, 5.74) is 1.43. The van der Waals surface area contributed by atoms with E-state index in [4.69, 9.17) is 4.98 Å². The number of hydrogen-bond acceptors (Lipinski definition) is 3. The van der Waals surface area contributed by atoms with Crippen molar-refractivity contribution in [1.82, 2.24) is 10.3 Å². The molecule has 1 atom stereocenters. The number of aromatic nitrogens is 1. The van der Waals surface area contributed by atoms with E-state index in [1.54, 1.807) is 4.88 Å². The zero-order chi connectivity index (χ0) is 11.0. The Kier molecular flexibility index (Phi) is 2.99. The highest BCUT2D eigenvalue weighted by atomic mass is 32.1. The Labute approximate surface area is 101 Å². The molecule has 0 spiro atoms. The normalized spacial score (nSPS) is 24.4. The van der Waals surface area contributed by atoms with Gasteiger partial charge in [-0.15, -0.1) is 11.3 Å². The summed E-state index contributed by atoms with van der Waals surface area (Å²) >= 11 is 1.99. The maximum absolute atomic E-state index is 4.91. The van der Waals surface area contributed by atoms with E-state index in [0.29, 0.717) is 5.92 Å². The van der Waals surface area contributed by atoms with Gasteiger partial charge in [-0.25, -0.2) is 4.98 Å². The van der Waals surface area contributed by atoms with E-state index in [-0.39, 0.29) is 0 Å². The van der Waals surface area contributed by atoms with E-state index in [1.165, 1.54) is 49.2 Å². The van der Waals surface area contributed by atoms with Crippen LogP contribution in [0.3, 0.4) is 0 Å². The Bertz CT molecular complexity index is 368. The van der Waals surface area contributed by atoms with Crippen molar-refractivity contribution in [2.75, 3.05) is 13.6 Å². The lowest BCUT2D eigenvalue weighted by atomic mass is 9.91. The summed E-state index contributed by atoms with van der Waals surface area (Å²) in [7, 11) is 2.05. The molecule has 2 aliphatic carbocycles. The van der Waals surface area contributed by atoms with Crippen LogP contribution in [-0.2, 0) is 12.8 Å². The maximum atomic E-state index is 4.91. The van der Waals surface area contributed by atoms with Gasteiger partial charge in [0.05, 0.1) is 10.7 Å². The number of nitrogens with one attached hydrogen (secondary N) is 1. The minimum Gasteiger partial charge on any atom is -0.319 e. The van der Waals surface area contributed by atoms with Crippen molar-refractivity contribution >= 4 is 11.3 Å². The Morgan fingerprint density at radius 3 is 3.00 bits per heavy atom. The SMILES string of the molecule is CNCC1CCCc2sc(CC3CC3)nc21. The van der Waals surface area contributed by atoms with Crippen LogP contribution in [0.1, 0.15) is 47.2 Å². The van der Waals surface area contributed by atoms with Crippen LogP contribution in [-0.4, -0.2) is 18.6 Å². The third-order valence-corrected chi connectivity index (χ3v) is 4.88. The van der Waals surface area contributed by atoms with Crippen LogP contribution < -0.4 is 5.32 Å². The molecule has 1 saturated carbocycles. The molecule has 1 unspecified atom stereocenters. The monoisotopic (exact) mass is 236 g/mol. The second kappa shape index (κ2) is 4.46.